The molecule has 0 aromatic heterocycles. The van der Waals surface area contributed by atoms with Crippen LogP contribution >= 0.6 is 7.82 Å². The van der Waals surface area contributed by atoms with Crippen molar-refractivity contribution in [1.29, 1.82) is 0 Å². The summed E-state index contributed by atoms with van der Waals surface area (Å²) in [6.07, 6.45) is 0. The highest BCUT2D eigenvalue weighted by molar-refractivity contribution is 7.48. The van der Waals surface area contributed by atoms with Crippen molar-refractivity contribution in [2.45, 2.75) is 0 Å². The first-order chi connectivity index (χ1) is 5.77. The zero-order valence-corrected chi connectivity index (χ0v) is 7.20. The summed E-state index contributed by atoms with van der Waals surface area (Å²) >= 11 is 0. The molecule has 0 amide bonds. The van der Waals surface area contributed by atoms with Crippen LogP contribution in [-0.2, 0) is 27.7 Å². The zero-order chi connectivity index (χ0) is 8.86. The molecule has 1 fully saturated rings. The molecule has 1 aliphatic heterocycles. The normalized spacial score (nSPS) is 20.7. The highest BCUT2D eigenvalue weighted by Crippen LogP contribution is 2.52. The number of carbonyl (C=O) groups excluding carboxylic acids is 1. The average Bonchev–Trinajstić information content (AvgIpc) is 2.47. The molecular weight excluding hydrogens is 187 g/mol. The summed E-state index contributed by atoms with van der Waals surface area (Å²) in [5.41, 5.74) is 0. The SMILES string of the molecule is O=COCCOP1(=O)OCCO1. The van der Waals surface area contributed by atoms with Crippen LogP contribution in [0.1, 0.15) is 0 Å². The van der Waals surface area contributed by atoms with Crippen LogP contribution in [-0.4, -0.2) is 32.9 Å². The van der Waals surface area contributed by atoms with E-state index in [1.165, 1.54) is 0 Å². The minimum Gasteiger partial charge on any atom is -0.465 e. The molecule has 0 saturated carbocycles. The van der Waals surface area contributed by atoms with Gasteiger partial charge in [0.15, 0.2) is 0 Å². The quantitative estimate of drug-likeness (QED) is 0.358. The average molecular weight is 196 g/mol. The molecule has 0 atom stereocenters. The third-order valence-corrected chi connectivity index (χ3v) is 2.60. The van der Waals surface area contributed by atoms with Crippen LogP contribution in [0, 0.1) is 0 Å². The molecule has 0 N–H and O–H groups in total. The summed E-state index contributed by atoms with van der Waals surface area (Å²) < 4.78 is 29.6. The molecule has 0 unspecified atom stereocenters. The maximum Gasteiger partial charge on any atom is 0.475 e. The fourth-order valence-electron chi connectivity index (χ4n) is 0.655. The molecule has 0 radical (unpaired) electrons. The van der Waals surface area contributed by atoms with Crippen LogP contribution in [0.5, 0.6) is 0 Å². The third-order valence-electron chi connectivity index (χ3n) is 1.10. The van der Waals surface area contributed by atoms with Crippen LogP contribution in [0.4, 0.5) is 0 Å². The van der Waals surface area contributed by atoms with E-state index in [0.29, 0.717) is 0 Å². The first kappa shape index (κ1) is 9.67. The van der Waals surface area contributed by atoms with Gasteiger partial charge in [0.05, 0.1) is 19.8 Å². The second-order valence-corrected chi connectivity index (χ2v) is 3.58. The van der Waals surface area contributed by atoms with Gasteiger partial charge in [-0.3, -0.25) is 18.4 Å². The number of ether oxygens (including phenoxy) is 1. The van der Waals surface area contributed by atoms with E-state index in [4.69, 9.17) is 4.52 Å². The highest BCUT2D eigenvalue weighted by Gasteiger charge is 2.31. The first-order valence-electron chi connectivity index (χ1n) is 3.36. The maximum atomic E-state index is 11.2. The second-order valence-electron chi connectivity index (χ2n) is 1.91. The van der Waals surface area contributed by atoms with Gasteiger partial charge in [-0.15, -0.1) is 0 Å². The van der Waals surface area contributed by atoms with E-state index in [1.54, 1.807) is 0 Å². The van der Waals surface area contributed by atoms with E-state index in [9.17, 15) is 9.36 Å². The van der Waals surface area contributed by atoms with Crippen LogP contribution in [0.25, 0.3) is 0 Å². The Bertz CT molecular complexity index is 182. The maximum absolute atomic E-state index is 11.2. The van der Waals surface area contributed by atoms with Crippen LogP contribution in [0.3, 0.4) is 0 Å². The van der Waals surface area contributed by atoms with E-state index >= 15 is 0 Å². The lowest BCUT2D eigenvalue weighted by molar-refractivity contribution is -0.129. The summed E-state index contributed by atoms with van der Waals surface area (Å²) in [6.45, 7) is 0.878. The van der Waals surface area contributed by atoms with E-state index in [0.717, 1.165) is 0 Å². The van der Waals surface area contributed by atoms with Gasteiger partial charge in [-0.25, -0.2) is 4.57 Å². The van der Waals surface area contributed by atoms with E-state index in [1.807, 2.05) is 0 Å². The van der Waals surface area contributed by atoms with Crippen molar-refractivity contribution in [1.82, 2.24) is 0 Å². The fourth-order valence-corrected chi connectivity index (χ4v) is 1.77. The standard InChI is InChI=1S/C5H9O6P/c6-5-8-1-2-9-12(7)10-3-4-11-12/h5H,1-4H2. The topological polar surface area (TPSA) is 71.1 Å². The van der Waals surface area contributed by atoms with E-state index in [2.05, 4.69) is 13.8 Å². The van der Waals surface area contributed by atoms with Gasteiger partial charge in [0.1, 0.15) is 6.61 Å². The Morgan fingerprint density at radius 2 is 2.00 bits per heavy atom. The van der Waals surface area contributed by atoms with Gasteiger partial charge in [0.2, 0.25) is 0 Å². The molecule has 0 spiro atoms. The summed E-state index contributed by atoms with van der Waals surface area (Å²) in [5, 5.41) is 0. The van der Waals surface area contributed by atoms with Crippen molar-refractivity contribution >= 4 is 14.3 Å². The van der Waals surface area contributed by atoms with Crippen LogP contribution in [0.2, 0.25) is 0 Å². The van der Waals surface area contributed by atoms with Crippen LogP contribution < -0.4 is 0 Å². The molecule has 12 heavy (non-hydrogen) atoms. The van der Waals surface area contributed by atoms with Crippen LogP contribution in [0.15, 0.2) is 0 Å². The van der Waals surface area contributed by atoms with Crippen molar-refractivity contribution < 1.29 is 27.7 Å². The Kier molecular flexibility index (Phi) is 3.68. The zero-order valence-electron chi connectivity index (χ0n) is 6.30. The number of phosphoric ester groups is 1. The molecule has 1 heterocycles. The number of carbonyl (C=O) groups is 1. The van der Waals surface area contributed by atoms with Gasteiger partial charge in [0, 0.05) is 0 Å². The fraction of sp³-hybridized carbons (Fsp3) is 0.800. The number of hydrogen-bond donors (Lipinski definition) is 0. The third kappa shape index (κ3) is 2.91. The minimum absolute atomic E-state index is 0.00994. The molecule has 6 nitrogen and oxygen atoms in total. The van der Waals surface area contributed by atoms with Crippen molar-refractivity contribution in [3.05, 3.63) is 0 Å². The summed E-state index contributed by atoms with van der Waals surface area (Å²) in [5.74, 6) is 0. The number of rotatable bonds is 5. The van der Waals surface area contributed by atoms with Gasteiger partial charge in [-0.1, -0.05) is 0 Å². The lowest BCUT2D eigenvalue weighted by Gasteiger charge is -2.08. The summed E-state index contributed by atoms with van der Waals surface area (Å²) in [4.78, 5) is 9.67. The Labute approximate surface area is 69.4 Å². The van der Waals surface area contributed by atoms with Gasteiger partial charge < -0.3 is 4.74 Å². The largest absolute Gasteiger partial charge is 0.475 e. The Morgan fingerprint density at radius 1 is 1.33 bits per heavy atom. The highest BCUT2D eigenvalue weighted by atomic mass is 31.2. The van der Waals surface area contributed by atoms with Crippen molar-refractivity contribution in [2.75, 3.05) is 26.4 Å². The Hall–Kier alpha value is -0.420. The Balaban J connectivity index is 2.13. The van der Waals surface area contributed by atoms with Crippen molar-refractivity contribution in [3.8, 4) is 0 Å². The lowest BCUT2D eigenvalue weighted by atomic mass is 10.8. The molecule has 0 aliphatic carbocycles. The molecule has 1 rings (SSSR count). The van der Waals surface area contributed by atoms with Gasteiger partial charge in [-0.2, -0.15) is 0 Å². The predicted octanol–water partition coefficient (Wildman–Crippen LogP) is 0.331. The van der Waals surface area contributed by atoms with Gasteiger partial charge in [-0.05, 0) is 0 Å². The first-order valence-corrected chi connectivity index (χ1v) is 4.82. The molecule has 1 saturated heterocycles. The molecule has 0 aromatic carbocycles. The molecular formula is C5H9O6P. The summed E-state index contributed by atoms with van der Waals surface area (Å²) in [7, 11) is -3.31. The summed E-state index contributed by atoms with van der Waals surface area (Å²) in [6, 6.07) is 0. The van der Waals surface area contributed by atoms with Gasteiger partial charge >= 0.3 is 7.82 Å². The number of hydrogen-bond acceptors (Lipinski definition) is 6. The minimum atomic E-state index is -3.31. The lowest BCUT2D eigenvalue weighted by Crippen LogP contribution is -2.01. The monoisotopic (exact) mass is 196 g/mol. The van der Waals surface area contributed by atoms with E-state index in [-0.39, 0.29) is 32.9 Å². The van der Waals surface area contributed by atoms with E-state index < -0.39 is 7.82 Å². The predicted molar refractivity (Wildman–Crippen MR) is 37.5 cm³/mol. The van der Waals surface area contributed by atoms with Crippen molar-refractivity contribution in [3.63, 3.8) is 0 Å². The van der Waals surface area contributed by atoms with Crippen molar-refractivity contribution in [2.24, 2.45) is 0 Å². The second kappa shape index (κ2) is 4.57. The molecule has 0 aromatic rings. The molecule has 0 bridgehead atoms. The smallest absolute Gasteiger partial charge is 0.465 e. The molecule has 1 aliphatic rings. The van der Waals surface area contributed by atoms with Gasteiger partial charge in [0.25, 0.3) is 6.47 Å². The number of phosphoric acid groups is 1. The Morgan fingerprint density at radius 3 is 2.58 bits per heavy atom. The molecule has 70 valence electrons. The molecule has 7 heteroatoms.